The monoisotopic (exact) mass is 476 g/mol. The van der Waals surface area contributed by atoms with Crippen molar-refractivity contribution in [1.29, 1.82) is 0 Å². The molecule has 0 unspecified atom stereocenters. The number of carbonyl (C=O) groups excluding carboxylic acids is 1. The second-order valence-electron chi connectivity index (χ2n) is 9.17. The number of fused-ring (bicyclic) bond motifs is 2. The molecule has 1 aliphatic carbocycles. The second kappa shape index (κ2) is 9.64. The summed E-state index contributed by atoms with van der Waals surface area (Å²) < 4.78 is 22.4. The van der Waals surface area contributed by atoms with E-state index in [1.807, 2.05) is 30.3 Å². The highest BCUT2D eigenvalue weighted by Gasteiger charge is 2.35. The lowest BCUT2D eigenvalue weighted by Crippen LogP contribution is -2.37. The number of rotatable bonds is 9. The van der Waals surface area contributed by atoms with Gasteiger partial charge in [0.25, 0.3) is 0 Å². The minimum atomic E-state index is 0.0349. The molecule has 3 aromatic rings. The van der Waals surface area contributed by atoms with Gasteiger partial charge in [-0.3, -0.25) is 4.79 Å². The Morgan fingerprint density at radius 3 is 2.46 bits per heavy atom. The van der Waals surface area contributed by atoms with Gasteiger partial charge in [0.2, 0.25) is 12.7 Å². The van der Waals surface area contributed by atoms with E-state index in [0.29, 0.717) is 29.5 Å². The zero-order chi connectivity index (χ0) is 24.5. The molecule has 1 aliphatic heterocycles. The lowest BCUT2D eigenvalue weighted by Gasteiger charge is -2.28. The molecule has 2 aliphatic rings. The molecule has 1 aromatic heterocycles. The Balaban J connectivity index is 1.66. The SMILES string of the molecule is CCC(CC)C(=O)N(Cc1cc2cc3c(cc2nc1-c1cc(OC)ccc1OC)OCO3)C1CC1. The summed E-state index contributed by atoms with van der Waals surface area (Å²) in [5, 5.41) is 0.945. The summed E-state index contributed by atoms with van der Waals surface area (Å²) in [7, 11) is 3.29. The van der Waals surface area contributed by atoms with E-state index in [4.69, 9.17) is 23.9 Å². The zero-order valence-electron chi connectivity index (χ0n) is 20.8. The molecule has 2 heterocycles. The molecule has 0 N–H and O–H groups in total. The molecule has 7 heteroatoms. The van der Waals surface area contributed by atoms with Crippen LogP contribution in [-0.2, 0) is 11.3 Å². The van der Waals surface area contributed by atoms with Crippen molar-refractivity contribution in [3.8, 4) is 34.3 Å². The van der Waals surface area contributed by atoms with Crippen molar-refractivity contribution in [2.75, 3.05) is 21.0 Å². The van der Waals surface area contributed by atoms with Crippen molar-refractivity contribution in [2.24, 2.45) is 5.92 Å². The van der Waals surface area contributed by atoms with Gasteiger partial charge in [-0.05, 0) is 61.6 Å². The van der Waals surface area contributed by atoms with Gasteiger partial charge in [0.15, 0.2) is 11.5 Å². The number of benzene rings is 2. The van der Waals surface area contributed by atoms with Crippen LogP contribution in [-0.4, -0.2) is 42.8 Å². The lowest BCUT2D eigenvalue weighted by molar-refractivity contribution is -0.137. The first-order chi connectivity index (χ1) is 17.1. The Morgan fingerprint density at radius 1 is 1.06 bits per heavy atom. The number of hydrogen-bond acceptors (Lipinski definition) is 6. The number of methoxy groups -OCH3 is 2. The molecule has 5 rings (SSSR count). The molecule has 0 saturated heterocycles. The van der Waals surface area contributed by atoms with Crippen LogP contribution in [0.3, 0.4) is 0 Å². The number of hydrogen-bond donors (Lipinski definition) is 0. The second-order valence-corrected chi connectivity index (χ2v) is 9.17. The minimum absolute atomic E-state index is 0.0349. The molecule has 2 aromatic carbocycles. The number of carbonyl (C=O) groups is 1. The molecule has 0 spiro atoms. The summed E-state index contributed by atoms with van der Waals surface area (Å²) in [4.78, 5) is 20.6. The van der Waals surface area contributed by atoms with Gasteiger partial charge in [0.1, 0.15) is 11.5 Å². The van der Waals surface area contributed by atoms with Crippen molar-refractivity contribution >= 4 is 16.8 Å². The smallest absolute Gasteiger partial charge is 0.231 e. The van der Waals surface area contributed by atoms with Gasteiger partial charge in [0.05, 0.1) is 25.4 Å². The highest BCUT2D eigenvalue weighted by atomic mass is 16.7. The van der Waals surface area contributed by atoms with Crippen LogP contribution in [0.4, 0.5) is 0 Å². The van der Waals surface area contributed by atoms with Gasteiger partial charge in [-0.1, -0.05) is 13.8 Å². The first-order valence-corrected chi connectivity index (χ1v) is 12.3. The third-order valence-electron chi connectivity index (χ3n) is 7.00. The Morgan fingerprint density at radius 2 is 1.80 bits per heavy atom. The third-order valence-corrected chi connectivity index (χ3v) is 7.00. The van der Waals surface area contributed by atoms with Gasteiger partial charge in [-0.15, -0.1) is 0 Å². The number of ether oxygens (including phenoxy) is 4. The maximum atomic E-state index is 13.5. The lowest BCUT2D eigenvalue weighted by atomic mass is 9.99. The predicted molar refractivity (Wildman–Crippen MR) is 134 cm³/mol. The summed E-state index contributed by atoms with van der Waals surface area (Å²) in [6, 6.07) is 12.0. The molecule has 0 atom stereocenters. The molecule has 35 heavy (non-hydrogen) atoms. The van der Waals surface area contributed by atoms with Crippen LogP contribution >= 0.6 is 0 Å². The summed E-state index contributed by atoms with van der Waals surface area (Å²) in [5.74, 6) is 3.07. The fraction of sp³-hybridized carbons (Fsp3) is 0.429. The molecule has 1 amide bonds. The van der Waals surface area contributed by atoms with Crippen molar-refractivity contribution in [2.45, 2.75) is 52.1 Å². The van der Waals surface area contributed by atoms with Crippen molar-refractivity contribution < 1.29 is 23.7 Å². The van der Waals surface area contributed by atoms with Gasteiger partial charge in [0, 0.05) is 35.5 Å². The van der Waals surface area contributed by atoms with E-state index in [1.54, 1.807) is 14.2 Å². The quantitative estimate of drug-likeness (QED) is 0.402. The van der Waals surface area contributed by atoms with E-state index in [2.05, 4.69) is 24.8 Å². The minimum Gasteiger partial charge on any atom is -0.497 e. The van der Waals surface area contributed by atoms with Crippen molar-refractivity contribution in [1.82, 2.24) is 9.88 Å². The molecular formula is C28H32N2O5. The van der Waals surface area contributed by atoms with E-state index in [9.17, 15) is 4.79 Å². The molecule has 1 fully saturated rings. The van der Waals surface area contributed by atoms with E-state index < -0.39 is 0 Å². The fourth-order valence-electron chi connectivity index (χ4n) is 4.79. The van der Waals surface area contributed by atoms with Crippen LogP contribution in [0, 0.1) is 5.92 Å². The molecule has 0 radical (unpaired) electrons. The Labute approximate surface area is 205 Å². The number of aromatic nitrogens is 1. The summed E-state index contributed by atoms with van der Waals surface area (Å²) in [5.41, 5.74) is 3.36. The molecule has 1 saturated carbocycles. The normalized spacial score (nSPS) is 14.4. The summed E-state index contributed by atoms with van der Waals surface area (Å²) in [6.45, 7) is 4.87. The summed E-state index contributed by atoms with van der Waals surface area (Å²) >= 11 is 0. The number of nitrogens with zero attached hydrogens (tertiary/aromatic N) is 2. The van der Waals surface area contributed by atoms with E-state index in [-0.39, 0.29) is 24.7 Å². The third kappa shape index (κ3) is 4.47. The van der Waals surface area contributed by atoms with Crippen LogP contribution in [0.25, 0.3) is 22.2 Å². The van der Waals surface area contributed by atoms with Crippen LogP contribution in [0.2, 0.25) is 0 Å². The number of pyridine rings is 1. The Bertz CT molecular complexity index is 1250. The highest BCUT2D eigenvalue weighted by molar-refractivity contribution is 5.88. The van der Waals surface area contributed by atoms with Crippen LogP contribution in [0.1, 0.15) is 45.1 Å². The zero-order valence-corrected chi connectivity index (χ0v) is 20.8. The topological polar surface area (TPSA) is 70.1 Å². The predicted octanol–water partition coefficient (Wildman–Crippen LogP) is 5.57. The molecule has 7 nitrogen and oxygen atoms in total. The molecule has 184 valence electrons. The van der Waals surface area contributed by atoms with Crippen molar-refractivity contribution in [3.63, 3.8) is 0 Å². The number of amides is 1. The van der Waals surface area contributed by atoms with Crippen LogP contribution in [0.5, 0.6) is 23.0 Å². The van der Waals surface area contributed by atoms with Crippen molar-refractivity contribution in [3.05, 3.63) is 42.0 Å². The van der Waals surface area contributed by atoms with E-state index in [0.717, 1.165) is 53.4 Å². The first kappa shape index (κ1) is 23.3. The fourth-order valence-corrected chi connectivity index (χ4v) is 4.79. The molecular weight excluding hydrogens is 444 g/mol. The average Bonchev–Trinajstić information content (AvgIpc) is 3.63. The first-order valence-electron chi connectivity index (χ1n) is 12.3. The maximum absolute atomic E-state index is 13.5. The largest absolute Gasteiger partial charge is 0.497 e. The maximum Gasteiger partial charge on any atom is 0.231 e. The van der Waals surface area contributed by atoms with Gasteiger partial charge < -0.3 is 23.8 Å². The standard InChI is InChI=1S/C28H32N2O5/c1-5-17(6-2)28(31)30(20-7-8-20)15-19-11-18-12-25-26(35-16-34-25)14-23(18)29-27(19)22-13-21(32-3)9-10-24(22)33-4/h9-14,17,20H,5-8,15-16H2,1-4H3. The Kier molecular flexibility index (Phi) is 6.41. The summed E-state index contributed by atoms with van der Waals surface area (Å²) in [6.07, 6.45) is 3.77. The molecule has 0 bridgehead atoms. The average molecular weight is 477 g/mol. The highest BCUT2D eigenvalue weighted by Crippen LogP contribution is 2.41. The van der Waals surface area contributed by atoms with Gasteiger partial charge >= 0.3 is 0 Å². The van der Waals surface area contributed by atoms with Crippen LogP contribution in [0.15, 0.2) is 36.4 Å². The van der Waals surface area contributed by atoms with Gasteiger partial charge in [-0.2, -0.15) is 0 Å². The van der Waals surface area contributed by atoms with Crippen LogP contribution < -0.4 is 18.9 Å². The Hall–Kier alpha value is -3.48. The van der Waals surface area contributed by atoms with E-state index >= 15 is 0 Å². The van der Waals surface area contributed by atoms with E-state index in [1.165, 1.54) is 0 Å². The van der Waals surface area contributed by atoms with Gasteiger partial charge in [-0.25, -0.2) is 4.98 Å².